The first-order chi connectivity index (χ1) is 5.79. The SMILES string of the molecule is N#Cc1cccc(N=C=O)c1Cl. The lowest BCUT2D eigenvalue weighted by Gasteiger charge is -1.95. The highest BCUT2D eigenvalue weighted by atomic mass is 35.5. The van der Waals surface area contributed by atoms with Crippen LogP contribution in [0.2, 0.25) is 5.02 Å². The molecule has 0 aliphatic heterocycles. The molecule has 12 heavy (non-hydrogen) atoms. The van der Waals surface area contributed by atoms with Gasteiger partial charge in [0, 0.05) is 0 Å². The number of hydrogen-bond donors (Lipinski definition) is 0. The molecule has 0 aromatic heterocycles. The van der Waals surface area contributed by atoms with Gasteiger partial charge in [-0.2, -0.15) is 10.3 Å². The van der Waals surface area contributed by atoms with Crippen molar-refractivity contribution in [2.75, 3.05) is 0 Å². The molecule has 0 aliphatic rings. The molecule has 0 amide bonds. The first-order valence-corrected chi connectivity index (χ1v) is 3.44. The van der Waals surface area contributed by atoms with Crippen LogP contribution in [0.1, 0.15) is 5.56 Å². The van der Waals surface area contributed by atoms with Gasteiger partial charge in [-0.05, 0) is 12.1 Å². The lowest BCUT2D eigenvalue weighted by Crippen LogP contribution is -1.75. The van der Waals surface area contributed by atoms with E-state index < -0.39 is 0 Å². The third kappa shape index (κ3) is 1.51. The molecule has 0 radical (unpaired) electrons. The minimum atomic E-state index is 0.184. The molecule has 1 aromatic carbocycles. The van der Waals surface area contributed by atoms with Gasteiger partial charge in [0.05, 0.1) is 16.3 Å². The topological polar surface area (TPSA) is 53.2 Å². The van der Waals surface area contributed by atoms with Crippen LogP contribution in [0.15, 0.2) is 23.2 Å². The fraction of sp³-hybridized carbons (Fsp3) is 0. The van der Waals surface area contributed by atoms with Crippen LogP contribution in [0.25, 0.3) is 0 Å². The van der Waals surface area contributed by atoms with Crippen LogP contribution in [-0.2, 0) is 4.79 Å². The predicted molar refractivity (Wildman–Crippen MR) is 43.9 cm³/mol. The first kappa shape index (κ1) is 8.48. The van der Waals surface area contributed by atoms with Crippen molar-refractivity contribution >= 4 is 23.4 Å². The molecule has 0 unspecified atom stereocenters. The summed E-state index contributed by atoms with van der Waals surface area (Å²) in [7, 11) is 0. The minimum Gasteiger partial charge on any atom is -0.211 e. The smallest absolute Gasteiger partial charge is 0.211 e. The summed E-state index contributed by atoms with van der Waals surface area (Å²) in [5.41, 5.74) is 0.568. The fourth-order valence-electron chi connectivity index (χ4n) is 0.742. The van der Waals surface area contributed by atoms with E-state index >= 15 is 0 Å². The molecule has 0 fully saturated rings. The zero-order valence-corrected chi connectivity index (χ0v) is 6.67. The van der Waals surface area contributed by atoms with Crippen molar-refractivity contribution in [3.63, 3.8) is 0 Å². The molecule has 0 saturated carbocycles. The number of rotatable bonds is 1. The van der Waals surface area contributed by atoms with Gasteiger partial charge in [0.1, 0.15) is 6.07 Å². The van der Waals surface area contributed by atoms with E-state index in [-0.39, 0.29) is 10.7 Å². The average molecular weight is 179 g/mol. The maximum Gasteiger partial charge on any atom is 0.240 e. The van der Waals surface area contributed by atoms with Crippen molar-refractivity contribution in [3.05, 3.63) is 28.8 Å². The third-order valence-corrected chi connectivity index (χ3v) is 1.66. The number of aliphatic imine (C=N–C) groups is 1. The van der Waals surface area contributed by atoms with Crippen molar-refractivity contribution < 1.29 is 4.79 Å². The molecule has 0 spiro atoms. The highest BCUT2D eigenvalue weighted by Crippen LogP contribution is 2.27. The summed E-state index contributed by atoms with van der Waals surface area (Å²) in [5.74, 6) is 0. The normalized spacial score (nSPS) is 8.33. The van der Waals surface area contributed by atoms with E-state index in [1.807, 2.05) is 6.07 Å². The van der Waals surface area contributed by atoms with Gasteiger partial charge in [0.25, 0.3) is 0 Å². The van der Waals surface area contributed by atoms with E-state index in [2.05, 4.69) is 4.99 Å². The van der Waals surface area contributed by atoms with Gasteiger partial charge in [0.15, 0.2) is 0 Å². The van der Waals surface area contributed by atoms with E-state index in [1.54, 1.807) is 12.1 Å². The molecule has 0 bridgehead atoms. The molecule has 0 heterocycles. The van der Waals surface area contributed by atoms with Gasteiger partial charge in [-0.15, -0.1) is 0 Å². The largest absolute Gasteiger partial charge is 0.240 e. The van der Waals surface area contributed by atoms with Gasteiger partial charge in [0.2, 0.25) is 6.08 Å². The summed E-state index contributed by atoms with van der Waals surface area (Å²) in [6.45, 7) is 0. The first-order valence-electron chi connectivity index (χ1n) is 3.06. The monoisotopic (exact) mass is 178 g/mol. The van der Waals surface area contributed by atoms with Crippen LogP contribution < -0.4 is 0 Å². The molecule has 3 nitrogen and oxygen atoms in total. The Balaban J connectivity index is 3.34. The van der Waals surface area contributed by atoms with Crippen LogP contribution in [0.5, 0.6) is 0 Å². The van der Waals surface area contributed by atoms with Crippen molar-refractivity contribution in [2.45, 2.75) is 0 Å². The average Bonchev–Trinajstić information content (AvgIpc) is 2.09. The Labute approximate surface area is 73.9 Å². The van der Waals surface area contributed by atoms with Crippen LogP contribution in [0.3, 0.4) is 0 Å². The zero-order valence-electron chi connectivity index (χ0n) is 5.91. The van der Waals surface area contributed by atoms with E-state index in [1.165, 1.54) is 12.1 Å². The number of nitrogens with zero attached hydrogens (tertiary/aromatic N) is 2. The highest BCUT2D eigenvalue weighted by molar-refractivity contribution is 6.34. The van der Waals surface area contributed by atoms with Crippen LogP contribution in [0, 0.1) is 11.3 Å². The lowest BCUT2D eigenvalue weighted by molar-refractivity contribution is 0.565. The van der Waals surface area contributed by atoms with Gasteiger partial charge < -0.3 is 0 Å². The predicted octanol–water partition coefficient (Wildman–Crippen LogP) is 2.18. The quantitative estimate of drug-likeness (QED) is 0.489. The lowest BCUT2D eigenvalue weighted by atomic mass is 10.2. The van der Waals surface area contributed by atoms with E-state index in [0.717, 1.165) is 0 Å². The van der Waals surface area contributed by atoms with Gasteiger partial charge in [-0.25, -0.2) is 4.79 Å². The summed E-state index contributed by atoms with van der Waals surface area (Å²) in [6, 6.07) is 6.55. The number of benzene rings is 1. The standard InChI is InChI=1S/C8H3ClN2O/c9-8-6(4-10)2-1-3-7(8)11-5-12/h1-3H. The van der Waals surface area contributed by atoms with Gasteiger partial charge in [-0.1, -0.05) is 17.7 Å². The Morgan fingerprint density at radius 3 is 2.83 bits per heavy atom. The number of nitriles is 1. The summed E-state index contributed by atoms with van der Waals surface area (Å²) < 4.78 is 0. The second-order valence-electron chi connectivity index (χ2n) is 1.95. The Bertz CT molecular complexity index is 389. The van der Waals surface area contributed by atoms with Crippen molar-refractivity contribution in [2.24, 2.45) is 4.99 Å². The summed E-state index contributed by atoms with van der Waals surface area (Å²) in [4.78, 5) is 13.2. The Morgan fingerprint density at radius 1 is 1.50 bits per heavy atom. The maximum atomic E-state index is 9.89. The van der Waals surface area contributed by atoms with Crippen molar-refractivity contribution in [3.8, 4) is 6.07 Å². The molecule has 1 rings (SSSR count). The van der Waals surface area contributed by atoms with E-state index in [4.69, 9.17) is 16.9 Å². The molecule has 0 aliphatic carbocycles. The number of isocyanates is 1. The second-order valence-corrected chi connectivity index (χ2v) is 2.33. The van der Waals surface area contributed by atoms with E-state index in [0.29, 0.717) is 5.56 Å². The fourth-order valence-corrected chi connectivity index (χ4v) is 0.952. The third-order valence-electron chi connectivity index (χ3n) is 1.26. The molecule has 0 atom stereocenters. The highest BCUT2D eigenvalue weighted by Gasteiger charge is 2.03. The summed E-state index contributed by atoms with van der Waals surface area (Å²) >= 11 is 5.69. The Morgan fingerprint density at radius 2 is 2.25 bits per heavy atom. The number of carbonyl (C=O) groups excluding carboxylic acids is 1. The maximum absolute atomic E-state index is 9.89. The van der Waals surface area contributed by atoms with Crippen LogP contribution in [0.4, 0.5) is 5.69 Å². The molecule has 58 valence electrons. The Hall–Kier alpha value is -1.62. The second kappa shape index (κ2) is 3.68. The Kier molecular flexibility index (Phi) is 2.60. The summed E-state index contributed by atoms with van der Waals surface area (Å²) in [6.07, 6.45) is 1.36. The van der Waals surface area contributed by atoms with Crippen LogP contribution >= 0.6 is 11.6 Å². The molecule has 0 N–H and O–H groups in total. The molecule has 1 aromatic rings. The molecular weight excluding hydrogens is 176 g/mol. The summed E-state index contributed by atoms with van der Waals surface area (Å²) in [5, 5.41) is 8.72. The zero-order chi connectivity index (χ0) is 8.97. The number of halogens is 1. The van der Waals surface area contributed by atoms with E-state index in [9.17, 15) is 4.79 Å². The van der Waals surface area contributed by atoms with Crippen molar-refractivity contribution in [1.29, 1.82) is 5.26 Å². The molecule has 4 heteroatoms. The molecular formula is C8H3ClN2O. The van der Waals surface area contributed by atoms with Crippen LogP contribution in [-0.4, -0.2) is 6.08 Å². The molecule has 0 saturated heterocycles. The van der Waals surface area contributed by atoms with Gasteiger partial charge >= 0.3 is 0 Å². The number of hydrogen-bond acceptors (Lipinski definition) is 3. The van der Waals surface area contributed by atoms with Crippen molar-refractivity contribution in [1.82, 2.24) is 0 Å². The minimum absolute atomic E-state index is 0.184. The van der Waals surface area contributed by atoms with Gasteiger partial charge in [-0.3, -0.25) is 0 Å².